The van der Waals surface area contributed by atoms with Crippen LogP contribution in [0.4, 0.5) is 4.39 Å². The van der Waals surface area contributed by atoms with Crippen molar-refractivity contribution >= 4 is 11.8 Å². The van der Waals surface area contributed by atoms with Crippen LogP contribution < -0.4 is 10.6 Å². The third-order valence-corrected chi connectivity index (χ3v) is 3.72. The van der Waals surface area contributed by atoms with Crippen molar-refractivity contribution in [3.8, 4) is 0 Å². The summed E-state index contributed by atoms with van der Waals surface area (Å²) >= 11 is 0. The average Bonchev–Trinajstić information content (AvgIpc) is 2.51. The number of rotatable bonds is 7. The number of benzene rings is 1. The molecule has 0 unspecified atom stereocenters. The van der Waals surface area contributed by atoms with Crippen molar-refractivity contribution in [2.24, 2.45) is 0 Å². The summed E-state index contributed by atoms with van der Waals surface area (Å²) in [6.45, 7) is 2.42. The molecule has 7 heteroatoms. The van der Waals surface area contributed by atoms with Crippen LogP contribution in [-0.4, -0.2) is 56.1 Å². The summed E-state index contributed by atoms with van der Waals surface area (Å²) in [6, 6.07) is 5.73. The van der Waals surface area contributed by atoms with Crippen molar-refractivity contribution < 1.29 is 18.7 Å². The molecule has 1 heterocycles. The Bertz CT molecular complexity index is 553. The molecule has 1 aliphatic heterocycles. The quantitative estimate of drug-likeness (QED) is 0.707. The number of carbonyl (C=O) groups is 2. The molecule has 1 aromatic rings. The summed E-state index contributed by atoms with van der Waals surface area (Å²) in [6.07, 6.45) is 0.0743. The van der Waals surface area contributed by atoms with Gasteiger partial charge in [0.2, 0.25) is 11.8 Å². The molecule has 1 saturated heterocycles. The number of hydrogen-bond acceptors (Lipinski definition) is 4. The molecule has 0 spiro atoms. The molecule has 126 valence electrons. The molecule has 2 amide bonds. The van der Waals surface area contributed by atoms with Gasteiger partial charge in [-0.15, -0.1) is 0 Å². The highest BCUT2D eigenvalue weighted by molar-refractivity contribution is 5.88. The number of amides is 2. The fraction of sp³-hybridized carbons (Fsp3) is 0.500. The van der Waals surface area contributed by atoms with Crippen LogP contribution in [0.5, 0.6) is 0 Å². The SMILES string of the molecule is COCCNC(=O)C[C@@H]1C(=O)NCCN1Cc1cccc(F)c1. The standard InChI is InChI=1S/C16H22FN3O3/c1-23-8-6-18-15(21)10-14-16(22)19-5-7-20(14)11-12-3-2-4-13(17)9-12/h2-4,9,14H,5-8,10-11H2,1H3,(H,18,21)(H,19,22)/t14-/m1/s1. The molecule has 1 fully saturated rings. The molecular formula is C16H22FN3O3. The van der Waals surface area contributed by atoms with E-state index in [0.717, 1.165) is 5.56 Å². The number of hydrogen-bond donors (Lipinski definition) is 2. The zero-order valence-electron chi connectivity index (χ0n) is 13.2. The van der Waals surface area contributed by atoms with Gasteiger partial charge in [-0.25, -0.2) is 4.39 Å². The Labute approximate surface area is 135 Å². The number of ether oxygens (including phenoxy) is 1. The molecule has 23 heavy (non-hydrogen) atoms. The van der Waals surface area contributed by atoms with E-state index in [1.54, 1.807) is 13.2 Å². The molecule has 2 rings (SSSR count). The third kappa shape index (κ3) is 5.30. The van der Waals surface area contributed by atoms with E-state index in [9.17, 15) is 14.0 Å². The fourth-order valence-corrected chi connectivity index (χ4v) is 2.58. The van der Waals surface area contributed by atoms with Crippen molar-refractivity contribution in [2.45, 2.75) is 19.0 Å². The molecule has 6 nitrogen and oxygen atoms in total. The minimum absolute atomic E-state index is 0.0743. The number of nitrogens with one attached hydrogen (secondary N) is 2. The fourth-order valence-electron chi connectivity index (χ4n) is 2.58. The van der Waals surface area contributed by atoms with E-state index in [0.29, 0.717) is 32.8 Å². The van der Waals surface area contributed by atoms with Crippen LogP contribution >= 0.6 is 0 Å². The molecule has 1 aromatic carbocycles. The van der Waals surface area contributed by atoms with Crippen molar-refractivity contribution in [1.82, 2.24) is 15.5 Å². The van der Waals surface area contributed by atoms with Gasteiger partial charge in [-0.1, -0.05) is 12.1 Å². The van der Waals surface area contributed by atoms with Gasteiger partial charge in [-0.2, -0.15) is 0 Å². The maximum absolute atomic E-state index is 13.3. The van der Waals surface area contributed by atoms with E-state index in [4.69, 9.17) is 4.74 Å². The van der Waals surface area contributed by atoms with E-state index < -0.39 is 6.04 Å². The highest BCUT2D eigenvalue weighted by atomic mass is 19.1. The predicted molar refractivity (Wildman–Crippen MR) is 83.1 cm³/mol. The second kappa shape index (κ2) is 8.59. The van der Waals surface area contributed by atoms with Crippen LogP contribution in [0.1, 0.15) is 12.0 Å². The van der Waals surface area contributed by atoms with Crippen molar-refractivity contribution in [3.63, 3.8) is 0 Å². The summed E-state index contributed by atoms with van der Waals surface area (Å²) in [5.74, 6) is -0.680. The molecule has 0 aromatic heterocycles. The lowest BCUT2D eigenvalue weighted by atomic mass is 10.1. The van der Waals surface area contributed by atoms with Gasteiger partial charge in [0.25, 0.3) is 0 Å². The lowest BCUT2D eigenvalue weighted by Crippen LogP contribution is -2.56. The van der Waals surface area contributed by atoms with Crippen molar-refractivity contribution in [1.29, 1.82) is 0 Å². The largest absolute Gasteiger partial charge is 0.383 e. The van der Waals surface area contributed by atoms with Gasteiger partial charge in [0.1, 0.15) is 5.82 Å². The maximum atomic E-state index is 13.3. The summed E-state index contributed by atoms with van der Waals surface area (Å²) in [5.41, 5.74) is 0.782. The molecule has 0 radical (unpaired) electrons. The molecule has 2 N–H and O–H groups in total. The zero-order chi connectivity index (χ0) is 16.7. The van der Waals surface area contributed by atoms with Gasteiger partial charge < -0.3 is 15.4 Å². The van der Waals surface area contributed by atoms with Crippen molar-refractivity contribution in [2.75, 3.05) is 33.4 Å². The number of piperazine rings is 1. The van der Waals surface area contributed by atoms with E-state index in [1.165, 1.54) is 12.1 Å². The van der Waals surface area contributed by atoms with Gasteiger partial charge in [0, 0.05) is 33.3 Å². The molecule has 0 aliphatic carbocycles. The first-order valence-electron chi connectivity index (χ1n) is 7.62. The van der Waals surface area contributed by atoms with Crippen LogP contribution in [0.2, 0.25) is 0 Å². The van der Waals surface area contributed by atoms with Crippen LogP contribution in [0.3, 0.4) is 0 Å². The van der Waals surface area contributed by atoms with E-state index in [1.807, 2.05) is 11.0 Å². The Morgan fingerprint density at radius 1 is 1.52 bits per heavy atom. The molecule has 1 atom stereocenters. The minimum atomic E-state index is -0.547. The smallest absolute Gasteiger partial charge is 0.237 e. The predicted octanol–water partition coefficient (Wildman–Crippen LogP) is 0.279. The van der Waals surface area contributed by atoms with Crippen LogP contribution in [0.15, 0.2) is 24.3 Å². The second-order valence-electron chi connectivity index (χ2n) is 5.45. The van der Waals surface area contributed by atoms with E-state index >= 15 is 0 Å². The van der Waals surface area contributed by atoms with Gasteiger partial charge >= 0.3 is 0 Å². The zero-order valence-corrected chi connectivity index (χ0v) is 13.2. The Hall–Kier alpha value is -1.99. The molecular weight excluding hydrogens is 301 g/mol. The molecule has 1 aliphatic rings. The van der Waals surface area contributed by atoms with Crippen molar-refractivity contribution in [3.05, 3.63) is 35.6 Å². The molecule has 0 bridgehead atoms. The average molecular weight is 323 g/mol. The topological polar surface area (TPSA) is 70.7 Å². The van der Waals surface area contributed by atoms with Gasteiger partial charge in [0.15, 0.2) is 0 Å². The Balaban J connectivity index is 1.98. The summed E-state index contributed by atoms with van der Waals surface area (Å²) in [5, 5.41) is 5.49. The normalized spacial score (nSPS) is 18.5. The lowest BCUT2D eigenvalue weighted by molar-refractivity contribution is -0.134. The summed E-state index contributed by atoms with van der Waals surface area (Å²) < 4.78 is 18.2. The maximum Gasteiger partial charge on any atom is 0.237 e. The van der Waals surface area contributed by atoms with Gasteiger partial charge in [-0.05, 0) is 17.7 Å². The highest BCUT2D eigenvalue weighted by Crippen LogP contribution is 2.14. The Kier molecular flexibility index (Phi) is 6.49. The van der Waals surface area contributed by atoms with E-state index in [2.05, 4.69) is 10.6 Å². The number of methoxy groups -OCH3 is 1. The first kappa shape index (κ1) is 17.4. The Morgan fingerprint density at radius 2 is 2.35 bits per heavy atom. The summed E-state index contributed by atoms with van der Waals surface area (Å²) in [4.78, 5) is 26.0. The highest BCUT2D eigenvalue weighted by Gasteiger charge is 2.31. The van der Waals surface area contributed by atoms with Gasteiger partial charge in [-0.3, -0.25) is 14.5 Å². The monoisotopic (exact) mass is 323 g/mol. The third-order valence-electron chi connectivity index (χ3n) is 3.72. The van der Waals surface area contributed by atoms with Crippen LogP contribution in [-0.2, 0) is 20.9 Å². The number of nitrogens with zero attached hydrogens (tertiary/aromatic N) is 1. The van der Waals surface area contributed by atoms with Crippen LogP contribution in [0, 0.1) is 5.82 Å². The second-order valence-corrected chi connectivity index (χ2v) is 5.45. The minimum Gasteiger partial charge on any atom is -0.383 e. The number of carbonyl (C=O) groups excluding carboxylic acids is 2. The van der Waals surface area contributed by atoms with Gasteiger partial charge in [0.05, 0.1) is 19.1 Å². The summed E-state index contributed by atoms with van der Waals surface area (Å²) in [7, 11) is 1.56. The number of halogens is 1. The lowest BCUT2D eigenvalue weighted by Gasteiger charge is -2.34. The Morgan fingerprint density at radius 3 is 3.09 bits per heavy atom. The first-order valence-corrected chi connectivity index (χ1v) is 7.62. The van der Waals surface area contributed by atoms with E-state index in [-0.39, 0.29) is 24.1 Å². The first-order chi connectivity index (χ1) is 11.1. The van der Waals surface area contributed by atoms with Crippen LogP contribution in [0.25, 0.3) is 0 Å². The molecule has 0 saturated carbocycles.